The zero-order valence-electron chi connectivity index (χ0n) is 12.2. The molecule has 0 saturated carbocycles. The van der Waals surface area contributed by atoms with Crippen LogP contribution in [0, 0.1) is 11.3 Å². The van der Waals surface area contributed by atoms with E-state index in [1.54, 1.807) is 30.0 Å². The highest BCUT2D eigenvalue weighted by Crippen LogP contribution is 2.29. The van der Waals surface area contributed by atoms with Crippen molar-refractivity contribution in [3.05, 3.63) is 28.8 Å². The molecule has 1 aromatic carbocycles. The van der Waals surface area contributed by atoms with Gasteiger partial charge in [-0.3, -0.25) is 4.79 Å². The summed E-state index contributed by atoms with van der Waals surface area (Å²) in [7, 11) is 0. The smallest absolute Gasteiger partial charge is 0.234 e. The third-order valence-electron chi connectivity index (χ3n) is 2.52. The third kappa shape index (κ3) is 5.70. The van der Waals surface area contributed by atoms with Crippen LogP contribution in [0.25, 0.3) is 0 Å². The number of halogens is 1. The van der Waals surface area contributed by atoms with Crippen LogP contribution in [-0.2, 0) is 4.79 Å². The Morgan fingerprint density at radius 3 is 2.83 bits per heavy atom. The zero-order valence-corrected chi connectivity index (χ0v) is 15.4. The van der Waals surface area contributed by atoms with Crippen molar-refractivity contribution >= 4 is 58.1 Å². The van der Waals surface area contributed by atoms with E-state index >= 15 is 0 Å². The quantitative estimate of drug-likeness (QED) is 0.717. The highest BCUT2D eigenvalue weighted by molar-refractivity contribution is 8.03. The Bertz CT molecular complexity index is 729. The highest BCUT2D eigenvalue weighted by atomic mass is 35.5. The standard InChI is InChI=1S/C14H13ClN4OS3/c1-2-5-21-13-18-19-14(23-13)22-8-12(20)17-11-6-10(15)4-3-9(11)7-16/h3-4,6H,2,5,8H2,1H3,(H,17,20). The average molecular weight is 385 g/mol. The first-order chi connectivity index (χ1) is 11.1. The molecule has 0 aliphatic heterocycles. The number of carbonyl (C=O) groups is 1. The van der Waals surface area contributed by atoms with E-state index in [0.717, 1.165) is 20.9 Å². The number of rotatable bonds is 7. The maximum absolute atomic E-state index is 12.0. The molecule has 0 aliphatic carbocycles. The first kappa shape index (κ1) is 18.1. The number of nitriles is 1. The molecular weight excluding hydrogens is 372 g/mol. The average Bonchev–Trinajstić information content (AvgIpc) is 2.99. The SMILES string of the molecule is CCCSc1nnc(SCC(=O)Nc2cc(Cl)ccc2C#N)s1. The monoisotopic (exact) mass is 384 g/mol. The summed E-state index contributed by atoms with van der Waals surface area (Å²) in [5.41, 5.74) is 0.795. The second-order valence-corrected chi connectivity index (χ2v) is 8.30. The number of hydrogen-bond donors (Lipinski definition) is 1. The normalized spacial score (nSPS) is 10.3. The van der Waals surface area contributed by atoms with Crippen LogP contribution < -0.4 is 5.32 Å². The number of hydrogen-bond acceptors (Lipinski definition) is 7. The molecule has 1 aromatic heterocycles. The van der Waals surface area contributed by atoms with Gasteiger partial charge in [-0.25, -0.2) is 0 Å². The molecule has 5 nitrogen and oxygen atoms in total. The van der Waals surface area contributed by atoms with Crippen molar-refractivity contribution < 1.29 is 4.79 Å². The maximum Gasteiger partial charge on any atom is 0.234 e. The number of nitrogens with zero attached hydrogens (tertiary/aromatic N) is 3. The van der Waals surface area contributed by atoms with Gasteiger partial charge in [0.15, 0.2) is 8.68 Å². The molecule has 0 spiro atoms. The van der Waals surface area contributed by atoms with Crippen LogP contribution in [0.3, 0.4) is 0 Å². The molecule has 1 heterocycles. The van der Waals surface area contributed by atoms with Crippen molar-refractivity contribution in [2.24, 2.45) is 0 Å². The summed E-state index contributed by atoms with van der Waals surface area (Å²) in [4.78, 5) is 12.0. The molecule has 0 fully saturated rings. The lowest BCUT2D eigenvalue weighted by atomic mass is 10.2. The van der Waals surface area contributed by atoms with Crippen LogP contribution in [0.15, 0.2) is 26.9 Å². The van der Waals surface area contributed by atoms with Crippen molar-refractivity contribution in [3.63, 3.8) is 0 Å². The fraction of sp³-hybridized carbons (Fsp3) is 0.286. The molecule has 0 bridgehead atoms. The summed E-state index contributed by atoms with van der Waals surface area (Å²) in [5.74, 6) is 0.988. The number of anilines is 1. The molecule has 0 unspecified atom stereocenters. The molecule has 120 valence electrons. The maximum atomic E-state index is 12.0. The van der Waals surface area contributed by atoms with E-state index < -0.39 is 0 Å². The summed E-state index contributed by atoms with van der Waals surface area (Å²) in [6.07, 6.45) is 1.08. The van der Waals surface area contributed by atoms with Gasteiger partial charge in [-0.15, -0.1) is 10.2 Å². The van der Waals surface area contributed by atoms with Gasteiger partial charge in [0.2, 0.25) is 5.91 Å². The van der Waals surface area contributed by atoms with E-state index in [9.17, 15) is 4.79 Å². The van der Waals surface area contributed by atoms with Crippen LogP contribution in [0.1, 0.15) is 18.9 Å². The second-order valence-electron chi connectivity index (χ2n) is 4.32. The van der Waals surface area contributed by atoms with Crippen LogP contribution in [0.4, 0.5) is 5.69 Å². The first-order valence-corrected chi connectivity index (χ1v) is 9.87. The van der Waals surface area contributed by atoms with Gasteiger partial charge in [-0.2, -0.15) is 5.26 Å². The first-order valence-electron chi connectivity index (χ1n) is 6.71. The van der Waals surface area contributed by atoms with Crippen molar-refractivity contribution in [2.75, 3.05) is 16.8 Å². The van der Waals surface area contributed by atoms with Crippen molar-refractivity contribution in [1.29, 1.82) is 5.26 Å². The lowest BCUT2D eigenvalue weighted by molar-refractivity contribution is -0.113. The Balaban J connectivity index is 1.89. The third-order valence-corrected chi connectivity index (χ3v) is 6.15. The summed E-state index contributed by atoms with van der Waals surface area (Å²) < 4.78 is 1.67. The Hall–Kier alpha value is -1.27. The number of thioether (sulfide) groups is 2. The van der Waals surface area contributed by atoms with Crippen LogP contribution in [0.2, 0.25) is 5.02 Å². The van der Waals surface area contributed by atoms with Crippen LogP contribution >= 0.6 is 46.5 Å². The number of benzene rings is 1. The number of carbonyl (C=O) groups excluding carboxylic acids is 1. The van der Waals surface area contributed by atoms with Gasteiger partial charge in [-0.05, 0) is 24.6 Å². The van der Waals surface area contributed by atoms with Gasteiger partial charge in [0.1, 0.15) is 6.07 Å². The van der Waals surface area contributed by atoms with Crippen LogP contribution in [-0.4, -0.2) is 27.6 Å². The van der Waals surface area contributed by atoms with Gasteiger partial charge in [0.25, 0.3) is 0 Å². The molecule has 9 heteroatoms. The topological polar surface area (TPSA) is 78.7 Å². The molecule has 0 saturated heterocycles. The fourth-order valence-corrected chi connectivity index (χ4v) is 4.45. The molecule has 2 rings (SSSR count). The molecule has 1 N–H and O–H groups in total. The molecule has 1 amide bonds. The Kier molecular flexibility index (Phi) is 7.17. The predicted molar refractivity (Wildman–Crippen MR) is 96.4 cm³/mol. The summed E-state index contributed by atoms with van der Waals surface area (Å²) in [5, 5.41) is 20.3. The molecule has 2 aromatic rings. The largest absolute Gasteiger partial charge is 0.324 e. The second kappa shape index (κ2) is 9.13. The van der Waals surface area contributed by atoms with Crippen molar-refractivity contribution in [2.45, 2.75) is 22.0 Å². The summed E-state index contributed by atoms with van der Waals surface area (Å²) in [6, 6.07) is 6.77. The van der Waals surface area contributed by atoms with E-state index in [2.05, 4.69) is 22.4 Å². The van der Waals surface area contributed by atoms with Gasteiger partial charge in [-0.1, -0.05) is 53.4 Å². The van der Waals surface area contributed by atoms with E-state index in [4.69, 9.17) is 16.9 Å². The lowest BCUT2D eigenvalue weighted by Gasteiger charge is -2.06. The van der Waals surface area contributed by atoms with E-state index in [0.29, 0.717) is 16.3 Å². The molecule has 0 aliphatic rings. The molecule has 0 radical (unpaired) electrons. The number of nitrogens with one attached hydrogen (secondary N) is 1. The lowest BCUT2D eigenvalue weighted by Crippen LogP contribution is -2.14. The summed E-state index contributed by atoms with van der Waals surface area (Å²) in [6.45, 7) is 2.11. The zero-order chi connectivity index (χ0) is 16.7. The van der Waals surface area contributed by atoms with Gasteiger partial charge in [0, 0.05) is 10.8 Å². The van der Waals surface area contributed by atoms with E-state index in [1.165, 1.54) is 23.1 Å². The highest BCUT2D eigenvalue weighted by Gasteiger charge is 2.11. The van der Waals surface area contributed by atoms with Gasteiger partial charge < -0.3 is 5.32 Å². The predicted octanol–water partition coefficient (Wildman–Crippen LogP) is 4.30. The number of amides is 1. The van der Waals surface area contributed by atoms with Crippen molar-refractivity contribution in [3.8, 4) is 6.07 Å². The van der Waals surface area contributed by atoms with Gasteiger partial charge >= 0.3 is 0 Å². The molecular formula is C14H13ClN4OS3. The Labute approximate surface area is 151 Å². The fourth-order valence-electron chi connectivity index (χ4n) is 1.53. The minimum absolute atomic E-state index is 0.199. The molecule has 23 heavy (non-hydrogen) atoms. The van der Waals surface area contributed by atoms with Gasteiger partial charge in [0.05, 0.1) is 17.0 Å². The molecule has 0 atom stereocenters. The number of aromatic nitrogens is 2. The Morgan fingerprint density at radius 2 is 2.13 bits per heavy atom. The van der Waals surface area contributed by atoms with E-state index in [1.807, 2.05) is 6.07 Å². The Morgan fingerprint density at radius 1 is 1.39 bits per heavy atom. The van der Waals surface area contributed by atoms with E-state index in [-0.39, 0.29) is 11.7 Å². The minimum atomic E-state index is -0.216. The van der Waals surface area contributed by atoms with Crippen LogP contribution in [0.5, 0.6) is 0 Å². The minimum Gasteiger partial charge on any atom is -0.324 e. The van der Waals surface area contributed by atoms with Crippen molar-refractivity contribution in [1.82, 2.24) is 10.2 Å². The summed E-state index contributed by atoms with van der Waals surface area (Å²) >= 11 is 10.4.